The largest absolute Gasteiger partial charge is 0.476 e. The van der Waals surface area contributed by atoms with Gasteiger partial charge in [-0.05, 0) is 19.1 Å². The average Bonchev–Trinajstić information content (AvgIpc) is 2.70. The monoisotopic (exact) mass is 212 g/mol. The number of carboxylic acid groups (broad SMARTS) is 1. The number of hydrogen-bond donors (Lipinski definition) is 2. The molecule has 1 unspecified atom stereocenters. The topological polar surface area (TPSA) is 66.0 Å². The van der Waals surface area contributed by atoms with Crippen LogP contribution in [0.5, 0.6) is 0 Å². The first-order chi connectivity index (χ1) is 6.68. The molecular weight excluding hydrogens is 200 g/mol. The van der Waals surface area contributed by atoms with E-state index in [0.29, 0.717) is 11.6 Å². The summed E-state index contributed by atoms with van der Waals surface area (Å²) in [6.45, 7) is 1.75. The van der Waals surface area contributed by atoms with Gasteiger partial charge in [0.25, 0.3) is 0 Å². The summed E-state index contributed by atoms with van der Waals surface area (Å²) in [4.78, 5) is 17.9. The minimum atomic E-state index is -0.948. The second-order valence-electron chi connectivity index (χ2n) is 3.46. The number of aromatic carboxylic acids is 1. The summed E-state index contributed by atoms with van der Waals surface area (Å²) in [6.07, 6.45) is 1.09. The Labute approximate surface area is 86.1 Å². The molecule has 76 valence electrons. The number of imidazole rings is 1. The number of thioether (sulfide) groups is 1. The van der Waals surface area contributed by atoms with Gasteiger partial charge in [-0.2, -0.15) is 11.8 Å². The maximum absolute atomic E-state index is 10.8. The van der Waals surface area contributed by atoms with E-state index in [0.717, 1.165) is 23.8 Å². The van der Waals surface area contributed by atoms with Gasteiger partial charge in [-0.3, -0.25) is 0 Å². The summed E-state index contributed by atoms with van der Waals surface area (Å²) in [5, 5.41) is 8.83. The number of carboxylic acids is 1. The molecule has 0 radical (unpaired) electrons. The Morgan fingerprint density at radius 1 is 1.71 bits per heavy atom. The highest BCUT2D eigenvalue weighted by Gasteiger charge is 2.23. The molecule has 0 saturated carbocycles. The van der Waals surface area contributed by atoms with Gasteiger partial charge in [0.2, 0.25) is 0 Å². The first-order valence-electron chi connectivity index (χ1n) is 4.56. The van der Waals surface area contributed by atoms with Gasteiger partial charge in [0.1, 0.15) is 5.82 Å². The Morgan fingerprint density at radius 3 is 3.00 bits per heavy atom. The molecule has 0 amide bonds. The molecule has 0 bridgehead atoms. The lowest BCUT2D eigenvalue weighted by Crippen LogP contribution is -2.01. The van der Waals surface area contributed by atoms with Gasteiger partial charge < -0.3 is 10.1 Å². The van der Waals surface area contributed by atoms with Gasteiger partial charge in [0.05, 0.1) is 0 Å². The molecular formula is C9H12N2O2S. The predicted molar refractivity (Wildman–Crippen MR) is 55.0 cm³/mol. The normalized spacial score (nSPS) is 21.4. The van der Waals surface area contributed by atoms with Crippen LogP contribution in [0.1, 0.15) is 34.3 Å². The van der Waals surface area contributed by atoms with Gasteiger partial charge in [-0.15, -0.1) is 0 Å². The molecule has 14 heavy (non-hydrogen) atoms. The lowest BCUT2D eigenvalue weighted by Gasteiger charge is -2.01. The van der Waals surface area contributed by atoms with E-state index in [9.17, 15) is 4.79 Å². The van der Waals surface area contributed by atoms with E-state index in [2.05, 4.69) is 9.97 Å². The van der Waals surface area contributed by atoms with Crippen molar-refractivity contribution < 1.29 is 9.90 Å². The quantitative estimate of drug-likeness (QED) is 0.782. The van der Waals surface area contributed by atoms with Gasteiger partial charge >= 0.3 is 5.97 Å². The first kappa shape index (κ1) is 9.58. The summed E-state index contributed by atoms with van der Waals surface area (Å²) in [5.41, 5.74) is 0.821. The summed E-state index contributed by atoms with van der Waals surface area (Å²) >= 11 is 1.89. The highest BCUT2D eigenvalue weighted by Crippen LogP contribution is 2.31. The third-order valence-corrected chi connectivity index (χ3v) is 3.58. The highest BCUT2D eigenvalue weighted by molar-refractivity contribution is 7.99. The van der Waals surface area contributed by atoms with Crippen LogP contribution in [0.25, 0.3) is 0 Å². The summed E-state index contributed by atoms with van der Waals surface area (Å²) < 4.78 is 0. The van der Waals surface area contributed by atoms with Crippen LogP contribution in [0.4, 0.5) is 0 Å². The number of aromatic amines is 1. The zero-order chi connectivity index (χ0) is 10.1. The smallest absolute Gasteiger partial charge is 0.356 e. The van der Waals surface area contributed by atoms with E-state index in [4.69, 9.17) is 5.11 Å². The SMILES string of the molecule is Cc1[nH]c(C2CCSC2)nc1C(=O)O. The second-order valence-corrected chi connectivity index (χ2v) is 4.61. The Morgan fingerprint density at radius 2 is 2.50 bits per heavy atom. The van der Waals surface area contributed by atoms with Crippen LogP contribution in [0, 0.1) is 6.92 Å². The van der Waals surface area contributed by atoms with E-state index in [1.807, 2.05) is 11.8 Å². The molecule has 1 atom stereocenters. The van der Waals surface area contributed by atoms with Crippen LogP contribution >= 0.6 is 11.8 Å². The van der Waals surface area contributed by atoms with Gasteiger partial charge in [0, 0.05) is 17.4 Å². The lowest BCUT2D eigenvalue weighted by atomic mass is 10.1. The van der Waals surface area contributed by atoms with Gasteiger partial charge in [0.15, 0.2) is 5.69 Å². The van der Waals surface area contributed by atoms with Crippen molar-refractivity contribution in [1.29, 1.82) is 0 Å². The fourth-order valence-corrected chi connectivity index (χ4v) is 2.86. The van der Waals surface area contributed by atoms with Crippen molar-refractivity contribution in [2.45, 2.75) is 19.3 Å². The third kappa shape index (κ3) is 1.64. The number of aryl methyl sites for hydroxylation is 1. The van der Waals surface area contributed by atoms with E-state index >= 15 is 0 Å². The summed E-state index contributed by atoms with van der Waals surface area (Å²) in [7, 11) is 0. The number of nitrogens with zero attached hydrogens (tertiary/aromatic N) is 1. The highest BCUT2D eigenvalue weighted by atomic mass is 32.2. The Hall–Kier alpha value is -0.970. The molecule has 1 aromatic rings. The number of aromatic nitrogens is 2. The number of H-pyrrole nitrogens is 1. The molecule has 1 fully saturated rings. The third-order valence-electron chi connectivity index (χ3n) is 2.42. The van der Waals surface area contributed by atoms with Crippen molar-refractivity contribution in [3.63, 3.8) is 0 Å². The van der Waals surface area contributed by atoms with Crippen LogP contribution in [0.3, 0.4) is 0 Å². The van der Waals surface area contributed by atoms with Crippen molar-refractivity contribution in [3.05, 3.63) is 17.2 Å². The van der Waals surface area contributed by atoms with Crippen molar-refractivity contribution in [1.82, 2.24) is 9.97 Å². The molecule has 1 aliphatic heterocycles. The molecule has 5 heteroatoms. The zero-order valence-electron chi connectivity index (χ0n) is 7.91. The molecule has 2 rings (SSSR count). The molecule has 4 nitrogen and oxygen atoms in total. The van der Waals surface area contributed by atoms with Crippen LogP contribution in [0.2, 0.25) is 0 Å². The predicted octanol–water partition coefficient (Wildman–Crippen LogP) is 1.64. The maximum Gasteiger partial charge on any atom is 0.356 e. The Kier molecular flexibility index (Phi) is 2.50. The lowest BCUT2D eigenvalue weighted by molar-refractivity contribution is 0.0690. The average molecular weight is 212 g/mol. The summed E-state index contributed by atoms with van der Waals surface area (Å²) in [6, 6.07) is 0. The van der Waals surface area contributed by atoms with Crippen LogP contribution in [0.15, 0.2) is 0 Å². The number of nitrogens with one attached hydrogen (secondary N) is 1. The van der Waals surface area contributed by atoms with Crippen LogP contribution in [-0.4, -0.2) is 32.5 Å². The standard InChI is InChI=1S/C9H12N2O2S/c1-5-7(9(12)13)11-8(10-5)6-2-3-14-4-6/h6H,2-4H2,1H3,(H,10,11)(H,12,13). The van der Waals surface area contributed by atoms with Gasteiger partial charge in [-0.25, -0.2) is 9.78 Å². The Bertz CT molecular complexity index is 356. The van der Waals surface area contributed by atoms with E-state index < -0.39 is 5.97 Å². The second kappa shape index (κ2) is 3.65. The maximum atomic E-state index is 10.8. The molecule has 2 N–H and O–H groups in total. The van der Waals surface area contributed by atoms with E-state index in [1.165, 1.54) is 0 Å². The van der Waals surface area contributed by atoms with Crippen molar-refractivity contribution >= 4 is 17.7 Å². The van der Waals surface area contributed by atoms with Gasteiger partial charge in [-0.1, -0.05) is 0 Å². The van der Waals surface area contributed by atoms with E-state index in [1.54, 1.807) is 6.92 Å². The van der Waals surface area contributed by atoms with Crippen molar-refractivity contribution in [2.24, 2.45) is 0 Å². The fourth-order valence-electron chi connectivity index (χ4n) is 1.64. The van der Waals surface area contributed by atoms with Crippen molar-refractivity contribution in [2.75, 3.05) is 11.5 Å². The minimum absolute atomic E-state index is 0.164. The van der Waals surface area contributed by atoms with Crippen LogP contribution < -0.4 is 0 Å². The molecule has 0 aliphatic carbocycles. The molecule has 0 aromatic carbocycles. The minimum Gasteiger partial charge on any atom is -0.476 e. The van der Waals surface area contributed by atoms with E-state index in [-0.39, 0.29) is 5.69 Å². The summed E-state index contributed by atoms with van der Waals surface area (Å²) in [5.74, 6) is 2.49. The molecule has 1 saturated heterocycles. The molecule has 2 heterocycles. The Balaban J connectivity index is 2.27. The molecule has 1 aromatic heterocycles. The number of carbonyl (C=O) groups is 1. The fraction of sp³-hybridized carbons (Fsp3) is 0.556. The molecule has 1 aliphatic rings. The number of rotatable bonds is 2. The first-order valence-corrected chi connectivity index (χ1v) is 5.71. The molecule has 0 spiro atoms. The number of hydrogen-bond acceptors (Lipinski definition) is 3. The zero-order valence-corrected chi connectivity index (χ0v) is 8.73. The van der Waals surface area contributed by atoms with Crippen molar-refractivity contribution in [3.8, 4) is 0 Å². The van der Waals surface area contributed by atoms with Crippen LogP contribution in [-0.2, 0) is 0 Å².